The lowest BCUT2D eigenvalue weighted by atomic mass is 9.76. The van der Waals surface area contributed by atoms with Gasteiger partial charge in [0.2, 0.25) is 0 Å². The highest BCUT2D eigenvalue weighted by atomic mass is 16.3. The van der Waals surface area contributed by atoms with E-state index in [9.17, 15) is 9.90 Å². The van der Waals surface area contributed by atoms with E-state index in [0.29, 0.717) is 5.92 Å². The Labute approximate surface area is 87.7 Å². The summed E-state index contributed by atoms with van der Waals surface area (Å²) in [5.41, 5.74) is -0.310. The fraction of sp³-hybridized carbons (Fsp3) is 0.917. The Morgan fingerprint density at radius 3 is 1.93 bits per heavy atom. The molecule has 0 radical (unpaired) electrons. The first-order valence-corrected chi connectivity index (χ1v) is 5.40. The first kappa shape index (κ1) is 13.6. The number of Topliss-reactive ketones (excluding diaryl/α,β-unsaturated/α-hetero) is 1. The molecule has 0 aromatic rings. The van der Waals surface area contributed by atoms with Crippen LogP contribution in [-0.2, 0) is 4.79 Å². The molecule has 0 fully saturated rings. The van der Waals surface area contributed by atoms with Crippen molar-refractivity contribution in [3.63, 3.8) is 0 Å². The van der Waals surface area contributed by atoms with E-state index in [1.807, 2.05) is 27.7 Å². The summed E-state index contributed by atoms with van der Waals surface area (Å²) in [6.07, 6.45) is 0.0389. The van der Waals surface area contributed by atoms with Crippen LogP contribution in [0.4, 0.5) is 0 Å². The van der Waals surface area contributed by atoms with Crippen LogP contribution in [0.1, 0.15) is 48.0 Å². The van der Waals surface area contributed by atoms with Crippen molar-refractivity contribution in [2.24, 2.45) is 17.3 Å². The maximum absolute atomic E-state index is 11.6. The molecule has 0 aliphatic rings. The highest BCUT2D eigenvalue weighted by Crippen LogP contribution is 2.30. The van der Waals surface area contributed by atoms with Crippen molar-refractivity contribution in [3.05, 3.63) is 0 Å². The van der Waals surface area contributed by atoms with E-state index in [0.717, 1.165) is 6.42 Å². The number of hydrogen-bond acceptors (Lipinski definition) is 2. The molecule has 0 saturated heterocycles. The molecule has 1 N–H and O–H groups in total. The molecule has 14 heavy (non-hydrogen) atoms. The van der Waals surface area contributed by atoms with E-state index in [2.05, 4.69) is 13.8 Å². The molecule has 0 amide bonds. The van der Waals surface area contributed by atoms with Gasteiger partial charge in [0.1, 0.15) is 6.10 Å². The van der Waals surface area contributed by atoms with Crippen LogP contribution in [0.5, 0.6) is 0 Å². The van der Waals surface area contributed by atoms with E-state index in [4.69, 9.17) is 0 Å². The zero-order valence-corrected chi connectivity index (χ0v) is 10.3. The summed E-state index contributed by atoms with van der Waals surface area (Å²) in [5.74, 6) is 0.367. The number of hydrogen-bond donors (Lipinski definition) is 1. The second-order valence-corrected chi connectivity index (χ2v) is 5.55. The summed E-state index contributed by atoms with van der Waals surface area (Å²) in [7, 11) is 0. The van der Waals surface area contributed by atoms with Gasteiger partial charge in [0, 0.05) is 5.92 Å². The summed E-state index contributed by atoms with van der Waals surface area (Å²) < 4.78 is 0. The molecule has 2 heteroatoms. The van der Waals surface area contributed by atoms with Crippen molar-refractivity contribution in [3.8, 4) is 0 Å². The van der Waals surface area contributed by atoms with Gasteiger partial charge in [-0.25, -0.2) is 0 Å². The molecule has 1 unspecified atom stereocenters. The fourth-order valence-corrected chi connectivity index (χ4v) is 1.86. The number of aliphatic hydroxyl groups is 1. The molecule has 0 aliphatic carbocycles. The average Bonchev–Trinajstić information content (AvgIpc) is 1.99. The van der Waals surface area contributed by atoms with Crippen molar-refractivity contribution in [2.75, 3.05) is 0 Å². The van der Waals surface area contributed by atoms with Crippen molar-refractivity contribution < 1.29 is 9.90 Å². The zero-order valence-electron chi connectivity index (χ0n) is 10.3. The van der Waals surface area contributed by atoms with E-state index in [1.54, 1.807) is 0 Å². The standard InChI is InChI=1S/C12H24O2/c1-8(2)7-12(5,6)11(14)10(13)9(3)4/h8-9,11,14H,7H2,1-6H3. The summed E-state index contributed by atoms with van der Waals surface area (Å²) >= 11 is 0. The summed E-state index contributed by atoms with van der Waals surface area (Å²) in [6.45, 7) is 11.8. The van der Waals surface area contributed by atoms with E-state index >= 15 is 0 Å². The topological polar surface area (TPSA) is 37.3 Å². The van der Waals surface area contributed by atoms with Crippen LogP contribution in [0, 0.1) is 17.3 Å². The number of aliphatic hydroxyl groups excluding tert-OH is 1. The third-order valence-corrected chi connectivity index (χ3v) is 2.51. The lowest BCUT2D eigenvalue weighted by molar-refractivity contribution is -0.136. The van der Waals surface area contributed by atoms with Crippen LogP contribution in [0.2, 0.25) is 0 Å². The van der Waals surface area contributed by atoms with Gasteiger partial charge in [-0.15, -0.1) is 0 Å². The van der Waals surface area contributed by atoms with E-state index in [-0.39, 0.29) is 17.1 Å². The largest absolute Gasteiger partial charge is 0.385 e. The second kappa shape index (κ2) is 4.92. The number of carbonyl (C=O) groups is 1. The SMILES string of the molecule is CC(C)CC(C)(C)C(O)C(=O)C(C)C. The van der Waals surface area contributed by atoms with Crippen LogP contribution >= 0.6 is 0 Å². The molecule has 84 valence electrons. The molecule has 0 aromatic heterocycles. The average molecular weight is 200 g/mol. The van der Waals surface area contributed by atoms with Crippen molar-refractivity contribution >= 4 is 5.78 Å². The van der Waals surface area contributed by atoms with E-state index in [1.165, 1.54) is 0 Å². The summed E-state index contributed by atoms with van der Waals surface area (Å²) in [5, 5.41) is 9.92. The van der Waals surface area contributed by atoms with Gasteiger partial charge in [0.05, 0.1) is 0 Å². The minimum Gasteiger partial charge on any atom is -0.385 e. The lowest BCUT2D eigenvalue weighted by Gasteiger charge is -2.32. The normalized spacial score (nSPS) is 14.9. The Balaban J connectivity index is 4.49. The van der Waals surface area contributed by atoms with Crippen LogP contribution < -0.4 is 0 Å². The molecule has 0 bridgehead atoms. The van der Waals surface area contributed by atoms with Crippen LogP contribution in [-0.4, -0.2) is 17.0 Å². The maximum Gasteiger partial charge on any atom is 0.164 e. The number of ketones is 1. The molecule has 0 rings (SSSR count). The number of rotatable bonds is 5. The number of carbonyl (C=O) groups excluding carboxylic acids is 1. The van der Waals surface area contributed by atoms with Gasteiger partial charge in [-0.05, 0) is 17.8 Å². The van der Waals surface area contributed by atoms with Gasteiger partial charge < -0.3 is 5.11 Å². The van der Waals surface area contributed by atoms with Crippen LogP contribution in [0.25, 0.3) is 0 Å². The Morgan fingerprint density at radius 1 is 1.21 bits per heavy atom. The Bertz CT molecular complexity index is 192. The van der Waals surface area contributed by atoms with Crippen LogP contribution in [0.15, 0.2) is 0 Å². The first-order valence-electron chi connectivity index (χ1n) is 5.40. The summed E-state index contributed by atoms with van der Waals surface area (Å²) in [6, 6.07) is 0. The predicted octanol–water partition coefficient (Wildman–Crippen LogP) is 2.64. The summed E-state index contributed by atoms with van der Waals surface area (Å²) in [4.78, 5) is 11.6. The highest BCUT2D eigenvalue weighted by molar-refractivity contribution is 5.85. The highest BCUT2D eigenvalue weighted by Gasteiger charge is 2.34. The molecule has 0 saturated carbocycles. The van der Waals surface area contributed by atoms with Gasteiger partial charge in [-0.3, -0.25) is 4.79 Å². The third-order valence-electron chi connectivity index (χ3n) is 2.51. The van der Waals surface area contributed by atoms with Crippen molar-refractivity contribution in [1.29, 1.82) is 0 Å². The fourth-order valence-electron chi connectivity index (χ4n) is 1.86. The molecule has 0 heterocycles. The molecule has 0 aromatic carbocycles. The molecule has 0 spiro atoms. The maximum atomic E-state index is 11.6. The van der Waals surface area contributed by atoms with Crippen molar-refractivity contribution in [1.82, 2.24) is 0 Å². The van der Waals surface area contributed by atoms with Gasteiger partial charge in [-0.1, -0.05) is 41.5 Å². The van der Waals surface area contributed by atoms with Gasteiger partial charge in [0.15, 0.2) is 5.78 Å². The monoisotopic (exact) mass is 200 g/mol. The Morgan fingerprint density at radius 2 is 1.64 bits per heavy atom. The predicted molar refractivity (Wildman–Crippen MR) is 59.1 cm³/mol. The van der Waals surface area contributed by atoms with E-state index < -0.39 is 6.10 Å². The molecule has 0 aliphatic heterocycles. The van der Waals surface area contributed by atoms with Gasteiger partial charge >= 0.3 is 0 Å². The zero-order chi connectivity index (χ0) is 11.5. The van der Waals surface area contributed by atoms with Gasteiger partial charge in [0.25, 0.3) is 0 Å². The molecule has 1 atom stereocenters. The molecule has 2 nitrogen and oxygen atoms in total. The first-order chi connectivity index (χ1) is 6.18. The van der Waals surface area contributed by atoms with Crippen LogP contribution in [0.3, 0.4) is 0 Å². The minimum absolute atomic E-state index is 0.0457. The third kappa shape index (κ3) is 3.79. The Kier molecular flexibility index (Phi) is 4.79. The molecular formula is C12H24O2. The smallest absolute Gasteiger partial charge is 0.164 e. The molecular weight excluding hydrogens is 176 g/mol. The lowest BCUT2D eigenvalue weighted by Crippen LogP contribution is -2.39. The van der Waals surface area contributed by atoms with Gasteiger partial charge in [-0.2, -0.15) is 0 Å². The quantitative estimate of drug-likeness (QED) is 0.740. The van der Waals surface area contributed by atoms with Crippen molar-refractivity contribution in [2.45, 2.75) is 54.1 Å². The second-order valence-electron chi connectivity index (χ2n) is 5.55. The Hall–Kier alpha value is -0.370. The minimum atomic E-state index is -0.829.